The van der Waals surface area contributed by atoms with E-state index in [1.807, 2.05) is 0 Å². The maximum atomic E-state index is 11.8. The zero-order valence-electron chi connectivity index (χ0n) is 8.84. The standard InChI is InChI=1S/C8H13F3O4S/c1-7(2,6(12)13)16(14,15)5-3-4-8(9,10)11/h3-5H2,1-2H3,(H,12,13). The van der Waals surface area contributed by atoms with E-state index in [2.05, 4.69) is 0 Å². The zero-order chi connectivity index (χ0) is 13.2. The third-order valence-corrected chi connectivity index (χ3v) is 4.72. The third-order valence-electron chi connectivity index (χ3n) is 2.17. The molecule has 0 amide bonds. The Kier molecular flexibility index (Phi) is 4.38. The Labute approximate surface area is 91.4 Å². The molecule has 0 aromatic heterocycles. The molecule has 0 aliphatic rings. The van der Waals surface area contributed by atoms with Crippen LogP contribution >= 0.6 is 0 Å². The molecule has 0 saturated carbocycles. The number of sulfone groups is 1. The molecule has 0 rings (SSSR count). The molecule has 0 aromatic rings. The minimum absolute atomic E-state index is 0.622. The topological polar surface area (TPSA) is 71.4 Å². The van der Waals surface area contributed by atoms with E-state index in [1.54, 1.807) is 0 Å². The lowest BCUT2D eigenvalue weighted by molar-refractivity contribution is -0.139. The van der Waals surface area contributed by atoms with Gasteiger partial charge in [-0.05, 0) is 20.3 Å². The monoisotopic (exact) mass is 262 g/mol. The lowest BCUT2D eigenvalue weighted by Crippen LogP contribution is -2.42. The summed E-state index contributed by atoms with van der Waals surface area (Å²) in [7, 11) is -4.08. The van der Waals surface area contributed by atoms with Crippen LogP contribution in [0.4, 0.5) is 13.2 Å². The van der Waals surface area contributed by atoms with Crippen molar-refractivity contribution in [3.05, 3.63) is 0 Å². The number of rotatable bonds is 5. The third kappa shape index (κ3) is 3.99. The van der Waals surface area contributed by atoms with Crippen molar-refractivity contribution >= 4 is 15.8 Å². The Morgan fingerprint density at radius 1 is 1.25 bits per heavy atom. The second-order valence-electron chi connectivity index (χ2n) is 3.85. The number of aliphatic carboxylic acids is 1. The van der Waals surface area contributed by atoms with Gasteiger partial charge in [0.05, 0.1) is 5.75 Å². The number of halogens is 3. The Bertz CT molecular complexity index is 356. The fourth-order valence-corrected chi connectivity index (χ4v) is 2.15. The molecule has 0 radical (unpaired) electrons. The first-order valence-electron chi connectivity index (χ1n) is 4.42. The van der Waals surface area contributed by atoms with Crippen LogP contribution in [0.2, 0.25) is 0 Å². The van der Waals surface area contributed by atoms with Crippen LogP contribution in [0.3, 0.4) is 0 Å². The molecule has 16 heavy (non-hydrogen) atoms. The number of alkyl halides is 3. The van der Waals surface area contributed by atoms with Gasteiger partial charge in [0.25, 0.3) is 0 Å². The summed E-state index contributed by atoms with van der Waals surface area (Å²) in [6.07, 6.45) is -6.28. The van der Waals surface area contributed by atoms with E-state index >= 15 is 0 Å². The summed E-state index contributed by atoms with van der Waals surface area (Å²) < 4.78 is 56.1. The predicted octanol–water partition coefficient (Wildman–Crippen LogP) is 1.61. The first-order chi connectivity index (χ1) is 6.90. The van der Waals surface area contributed by atoms with E-state index in [1.165, 1.54) is 0 Å². The maximum absolute atomic E-state index is 11.8. The predicted molar refractivity (Wildman–Crippen MR) is 50.8 cm³/mol. The number of hydrogen-bond acceptors (Lipinski definition) is 3. The summed E-state index contributed by atoms with van der Waals surface area (Å²) in [5.41, 5.74) is 0. The van der Waals surface area contributed by atoms with Gasteiger partial charge in [-0.15, -0.1) is 0 Å². The van der Waals surface area contributed by atoms with Gasteiger partial charge in [0.2, 0.25) is 0 Å². The maximum Gasteiger partial charge on any atom is 0.389 e. The number of hydrogen-bond donors (Lipinski definition) is 1. The summed E-state index contributed by atoms with van der Waals surface area (Å²) in [6, 6.07) is 0. The molecule has 1 N–H and O–H groups in total. The van der Waals surface area contributed by atoms with Gasteiger partial charge in [-0.2, -0.15) is 13.2 Å². The summed E-state index contributed by atoms with van der Waals surface area (Å²) in [4.78, 5) is 10.6. The largest absolute Gasteiger partial charge is 0.480 e. The van der Waals surface area contributed by atoms with Gasteiger partial charge in [0, 0.05) is 6.42 Å². The van der Waals surface area contributed by atoms with Gasteiger partial charge in [-0.3, -0.25) is 4.79 Å². The highest BCUT2D eigenvalue weighted by Gasteiger charge is 2.41. The fraction of sp³-hybridized carbons (Fsp3) is 0.875. The Balaban J connectivity index is 4.56. The highest BCUT2D eigenvalue weighted by molar-refractivity contribution is 7.93. The van der Waals surface area contributed by atoms with Crippen molar-refractivity contribution in [2.45, 2.75) is 37.6 Å². The normalized spacial score (nSPS) is 13.8. The SMILES string of the molecule is CC(C)(C(=O)O)S(=O)(=O)CCCC(F)(F)F. The Morgan fingerprint density at radius 3 is 2.00 bits per heavy atom. The first-order valence-corrected chi connectivity index (χ1v) is 6.08. The number of carboxylic acid groups (broad SMARTS) is 1. The Morgan fingerprint density at radius 2 is 1.69 bits per heavy atom. The average molecular weight is 262 g/mol. The molecular weight excluding hydrogens is 249 g/mol. The molecule has 8 heteroatoms. The lowest BCUT2D eigenvalue weighted by atomic mass is 10.2. The summed E-state index contributed by atoms with van der Waals surface area (Å²) in [5, 5.41) is 8.63. The number of carboxylic acids is 1. The van der Waals surface area contributed by atoms with Crippen LogP contribution in [-0.4, -0.2) is 36.2 Å². The van der Waals surface area contributed by atoms with Crippen molar-refractivity contribution in [1.29, 1.82) is 0 Å². The van der Waals surface area contributed by atoms with Crippen LogP contribution in [0.25, 0.3) is 0 Å². The van der Waals surface area contributed by atoms with E-state index in [4.69, 9.17) is 5.11 Å². The second-order valence-corrected chi connectivity index (χ2v) is 6.51. The van der Waals surface area contributed by atoms with E-state index in [0.29, 0.717) is 0 Å². The summed E-state index contributed by atoms with van der Waals surface area (Å²) in [5.74, 6) is -2.36. The molecule has 0 atom stereocenters. The quantitative estimate of drug-likeness (QED) is 0.817. The van der Waals surface area contributed by atoms with Crippen molar-refractivity contribution in [2.75, 3.05) is 5.75 Å². The van der Waals surface area contributed by atoms with Crippen LogP contribution in [0.5, 0.6) is 0 Å². The van der Waals surface area contributed by atoms with E-state index in [0.717, 1.165) is 13.8 Å². The highest BCUT2D eigenvalue weighted by Crippen LogP contribution is 2.24. The van der Waals surface area contributed by atoms with Gasteiger partial charge < -0.3 is 5.11 Å². The minimum Gasteiger partial charge on any atom is -0.480 e. The van der Waals surface area contributed by atoms with E-state index < -0.39 is 45.3 Å². The first kappa shape index (κ1) is 15.2. The van der Waals surface area contributed by atoms with Crippen LogP contribution in [0.1, 0.15) is 26.7 Å². The Hall–Kier alpha value is -0.790. The van der Waals surface area contributed by atoms with Gasteiger partial charge >= 0.3 is 12.1 Å². The van der Waals surface area contributed by atoms with Crippen LogP contribution in [0.15, 0.2) is 0 Å². The molecule has 0 fully saturated rings. The highest BCUT2D eigenvalue weighted by atomic mass is 32.2. The van der Waals surface area contributed by atoms with Crippen molar-refractivity contribution in [1.82, 2.24) is 0 Å². The second kappa shape index (κ2) is 4.60. The van der Waals surface area contributed by atoms with Gasteiger partial charge in [-0.1, -0.05) is 0 Å². The molecule has 4 nitrogen and oxygen atoms in total. The van der Waals surface area contributed by atoms with Gasteiger partial charge in [-0.25, -0.2) is 8.42 Å². The average Bonchev–Trinajstić information content (AvgIpc) is 2.00. The van der Waals surface area contributed by atoms with Crippen molar-refractivity contribution in [3.63, 3.8) is 0 Å². The molecule has 0 unspecified atom stereocenters. The molecule has 0 aliphatic heterocycles. The fourth-order valence-electron chi connectivity index (χ4n) is 0.851. The van der Waals surface area contributed by atoms with Crippen LogP contribution in [-0.2, 0) is 14.6 Å². The van der Waals surface area contributed by atoms with Crippen molar-refractivity contribution < 1.29 is 31.5 Å². The molecular formula is C8H13F3O4S. The smallest absolute Gasteiger partial charge is 0.389 e. The molecule has 0 saturated heterocycles. The molecule has 0 heterocycles. The summed E-state index contributed by atoms with van der Waals surface area (Å²) in [6.45, 7) is 1.91. The lowest BCUT2D eigenvalue weighted by Gasteiger charge is -2.19. The van der Waals surface area contributed by atoms with Crippen LogP contribution in [0, 0.1) is 0 Å². The molecule has 0 bridgehead atoms. The molecule has 0 aromatic carbocycles. The van der Waals surface area contributed by atoms with Gasteiger partial charge in [0.1, 0.15) is 0 Å². The van der Waals surface area contributed by atoms with Crippen molar-refractivity contribution in [2.24, 2.45) is 0 Å². The zero-order valence-corrected chi connectivity index (χ0v) is 9.65. The molecule has 0 aliphatic carbocycles. The van der Waals surface area contributed by atoms with E-state index in [-0.39, 0.29) is 0 Å². The number of carbonyl (C=O) groups is 1. The van der Waals surface area contributed by atoms with Crippen LogP contribution < -0.4 is 0 Å². The van der Waals surface area contributed by atoms with Crippen molar-refractivity contribution in [3.8, 4) is 0 Å². The molecule has 96 valence electrons. The summed E-state index contributed by atoms with van der Waals surface area (Å²) >= 11 is 0. The van der Waals surface area contributed by atoms with Gasteiger partial charge in [0.15, 0.2) is 14.6 Å². The molecule has 0 spiro atoms. The minimum atomic E-state index is -4.43. The van der Waals surface area contributed by atoms with E-state index in [9.17, 15) is 26.4 Å².